The number of hydroxylamine groups is 1. The first-order valence-corrected chi connectivity index (χ1v) is 8.86. The summed E-state index contributed by atoms with van der Waals surface area (Å²) in [7, 11) is 0. The van der Waals surface area contributed by atoms with Gasteiger partial charge in [-0.2, -0.15) is 0 Å². The molecule has 162 valence electrons. The molecular weight excluding hydrogens is 414 g/mol. The van der Waals surface area contributed by atoms with Crippen molar-refractivity contribution in [2.75, 3.05) is 0 Å². The van der Waals surface area contributed by atoms with Crippen LogP contribution in [0.4, 0.5) is 0 Å². The van der Waals surface area contributed by atoms with Crippen LogP contribution in [-0.4, -0.2) is 43.8 Å². The largest absolute Gasteiger partial charge is 0.507 e. The van der Waals surface area contributed by atoms with E-state index in [1.807, 2.05) is 0 Å². The minimum atomic E-state index is -1.09. The maximum absolute atomic E-state index is 12.5. The Balaban J connectivity index is 1.99. The molecule has 0 spiro atoms. The van der Waals surface area contributed by atoms with Crippen LogP contribution in [0.25, 0.3) is 22.3 Å². The van der Waals surface area contributed by atoms with Gasteiger partial charge in [-0.15, -0.1) is 5.48 Å². The normalized spacial score (nSPS) is 11.9. The van der Waals surface area contributed by atoms with Crippen LogP contribution in [0.15, 0.2) is 39.5 Å². The molecule has 11 heteroatoms. The number of carbonyl (C=O) groups is 2. The van der Waals surface area contributed by atoms with Crippen molar-refractivity contribution in [2.45, 2.75) is 18.9 Å². The number of carboxylic acids is 1. The Hall–Kier alpha value is -4.25. The van der Waals surface area contributed by atoms with Gasteiger partial charge in [-0.05, 0) is 24.6 Å². The van der Waals surface area contributed by atoms with Gasteiger partial charge in [0.15, 0.2) is 23.0 Å². The van der Waals surface area contributed by atoms with Crippen molar-refractivity contribution < 1.29 is 44.4 Å². The lowest BCUT2D eigenvalue weighted by Gasteiger charge is -2.14. The van der Waals surface area contributed by atoms with Crippen molar-refractivity contribution in [2.24, 2.45) is 0 Å². The predicted octanol–water partition coefficient (Wildman–Crippen LogP) is 1.60. The first kappa shape index (κ1) is 21.5. The topological polar surface area (TPSA) is 187 Å². The third-order valence-corrected chi connectivity index (χ3v) is 4.32. The molecule has 11 nitrogen and oxygen atoms in total. The lowest BCUT2D eigenvalue weighted by molar-refractivity contribution is -0.137. The highest BCUT2D eigenvalue weighted by atomic mass is 16.6. The lowest BCUT2D eigenvalue weighted by Crippen LogP contribution is -2.33. The Morgan fingerprint density at radius 3 is 2.48 bits per heavy atom. The molecule has 3 rings (SSSR count). The number of aliphatic carboxylic acids is 1. The van der Waals surface area contributed by atoms with Crippen molar-refractivity contribution >= 4 is 23.2 Å². The van der Waals surface area contributed by atoms with Gasteiger partial charge in [-0.3, -0.25) is 9.59 Å². The van der Waals surface area contributed by atoms with Crippen LogP contribution in [0.5, 0.6) is 28.7 Å². The molecule has 1 atom stereocenters. The molecule has 0 radical (unpaired) electrons. The van der Waals surface area contributed by atoms with E-state index in [0.29, 0.717) is 6.29 Å². The van der Waals surface area contributed by atoms with Crippen molar-refractivity contribution in [1.82, 2.24) is 5.48 Å². The number of carboxylic acid groups (broad SMARTS) is 1. The quantitative estimate of drug-likeness (QED) is 0.173. The summed E-state index contributed by atoms with van der Waals surface area (Å²) in [5.74, 6) is -3.82. The summed E-state index contributed by atoms with van der Waals surface area (Å²) >= 11 is 0. The van der Waals surface area contributed by atoms with Crippen LogP contribution in [0, 0.1) is 0 Å². The van der Waals surface area contributed by atoms with Crippen molar-refractivity contribution in [3.63, 3.8) is 0 Å². The zero-order valence-corrected chi connectivity index (χ0v) is 15.7. The molecule has 0 aliphatic rings. The molecule has 2 aromatic carbocycles. The molecular formula is C20H17NO10. The zero-order chi connectivity index (χ0) is 22.7. The van der Waals surface area contributed by atoms with Gasteiger partial charge in [0.1, 0.15) is 23.0 Å². The number of benzene rings is 2. The van der Waals surface area contributed by atoms with E-state index in [9.17, 15) is 34.8 Å². The van der Waals surface area contributed by atoms with Gasteiger partial charge in [0.25, 0.3) is 0 Å². The summed E-state index contributed by atoms with van der Waals surface area (Å²) in [5.41, 5.74) is 1.29. The molecule has 0 bridgehead atoms. The van der Waals surface area contributed by atoms with Crippen LogP contribution in [0.2, 0.25) is 0 Å². The minimum absolute atomic E-state index is 0.0458. The Labute approximate surface area is 173 Å². The Bertz CT molecular complexity index is 1220. The molecule has 0 aliphatic heterocycles. The molecule has 6 N–H and O–H groups in total. The van der Waals surface area contributed by atoms with Crippen LogP contribution < -0.4 is 15.7 Å². The van der Waals surface area contributed by atoms with Gasteiger partial charge in [0.05, 0.1) is 6.04 Å². The maximum Gasteiger partial charge on any atom is 0.303 e. The average Bonchev–Trinajstić information content (AvgIpc) is 2.72. The fraction of sp³-hybridized carbons (Fsp3) is 0.150. The predicted molar refractivity (Wildman–Crippen MR) is 105 cm³/mol. The maximum atomic E-state index is 12.5. The number of aldehydes is 1. The van der Waals surface area contributed by atoms with E-state index in [1.54, 1.807) is 0 Å². The monoisotopic (exact) mass is 431 g/mol. The molecule has 3 aromatic rings. The Kier molecular flexibility index (Phi) is 5.97. The average molecular weight is 431 g/mol. The number of nitrogens with one attached hydrogen (secondary N) is 1. The number of phenolic OH excluding ortho intramolecular Hbond substituents is 3. The van der Waals surface area contributed by atoms with Gasteiger partial charge in [0.2, 0.25) is 11.2 Å². The van der Waals surface area contributed by atoms with E-state index in [1.165, 1.54) is 12.1 Å². The number of hydrogen-bond acceptors (Lipinski definition) is 10. The smallest absolute Gasteiger partial charge is 0.303 e. The highest BCUT2D eigenvalue weighted by Crippen LogP contribution is 2.37. The molecule has 0 unspecified atom stereocenters. The molecule has 1 aromatic heterocycles. The number of carbonyl (C=O) groups excluding carboxylic acids is 1. The molecule has 0 aliphatic carbocycles. The second-order valence-corrected chi connectivity index (χ2v) is 6.52. The summed E-state index contributed by atoms with van der Waals surface area (Å²) < 4.78 is 5.53. The van der Waals surface area contributed by atoms with Crippen molar-refractivity contribution in [3.8, 4) is 40.1 Å². The zero-order valence-electron chi connectivity index (χ0n) is 15.7. The number of fused-ring (bicyclic) bond motifs is 1. The van der Waals surface area contributed by atoms with E-state index in [2.05, 4.69) is 5.48 Å². The van der Waals surface area contributed by atoms with Crippen molar-refractivity contribution in [3.05, 3.63) is 40.6 Å². The minimum Gasteiger partial charge on any atom is -0.507 e. The van der Waals surface area contributed by atoms with E-state index in [4.69, 9.17) is 14.4 Å². The van der Waals surface area contributed by atoms with Gasteiger partial charge in [0, 0.05) is 24.1 Å². The molecule has 0 fully saturated rings. The summed E-state index contributed by atoms with van der Waals surface area (Å²) in [6.07, 6.45) is 0.132. The molecule has 0 saturated carbocycles. The molecule has 0 saturated heterocycles. The second kappa shape index (κ2) is 8.63. The van der Waals surface area contributed by atoms with Crippen LogP contribution >= 0.6 is 0 Å². The van der Waals surface area contributed by atoms with Crippen molar-refractivity contribution in [1.29, 1.82) is 0 Å². The van der Waals surface area contributed by atoms with E-state index >= 15 is 0 Å². The summed E-state index contributed by atoms with van der Waals surface area (Å²) in [5, 5.41) is 47.9. The van der Waals surface area contributed by atoms with E-state index in [-0.39, 0.29) is 40.9 Å². The number of aromatic hydroxyl groups is 4. The lowest BCUT2D eigenvalue weighted by atomic mass is 10.1. The Morgan fingerprint density at radius 2 is 1.84 bits per heavy atom. The molecule has 31 heavy (non-hydrogen) atoms. The second-order valence-electron chi connectivity index (χ2n) is 6.52. The standard InChI is InChI=1S/C20H17NO10/c22-8-10(2-4-16(26)27)21-31-11-6-14(25)17-15(7-11)30-20(19(29)18(17)28)9-1-3-12(23)13(24)5-9/h1,3,5-8,10,21,23-25,29H,2,4H2,(H,26,27)/t10-/m0/s1. The van der Waals surface area contributed by atoms with Crippen LogP contribution in [0.1, 0.15) is 12.8 Å². The fourth-order valence-corrected chi connectivity index (χ4v) is 2.76. The first-order valence-electron chi connectivity index (χ1n) is 8.86. The Morgan fingerprint density at radius 1 is 1.10 bits per heavy atom. The highest BCUT2D eigenvalue weighted by Gasteiger charge is 2.20. The van der Waals surface area contributed by atoms with Gasteiger partial charge in [-0.25, -0.2) is 0 Å². The summed E-state index contributed by atoms with van der Waals surface area (Å²) in [4.78, 5) is 39.4. The van der Waals surface area contributed by atoms with E-state index < -0.39 is 40.4 Å². The highest BCUT2D eigenvalue weighted by molar-refractivity contribution is 5.88. The van der Waals surface area contributed by atoms with Crippen LogP contribution in [-0.2, 0) is 9.59 Å². The third-order valence-electron chi connectivity index (χ3n) is 4.32. The van der Waals surface area contributed by atoms with Crippen LogP contribution in [0.3, 0.4) is 0 Å². The summed E-state index contributed by atoms with van der Waals surface area (Å²) in [6, 6.07) is 4.78. The summed E-state index contributed by atoms with van der Waals surface area (Å²) in [6.45, 7) is 0. The van der Waals surface area contributed by atoms with Gasteiger partial charge < -0.3 is 39.6 Å². The first-order chi connectivity index (χ1) is 14.7. The number of phenols is 3. The molecule has 0 amide bonds. The number of hydrogen-bond donors (Lipinski definition) is 6. The van der Waals surface area contributed by atoms with E-state index in [0.717, 1.165) is 18.2 Å². The number of rotatable bonds is 8. The third kappa shape index (κ3) is 4.51. The van der Waals surface area contributed by atoms with Gasteiger partial charge >= 0.3 is 5.97 Å². The SMILES string of the molecule is O=C[C@H](CCC(=O)O)NOc1cc(O)c2c(=O)c(O)c(-c3ccc(O)c(O)c3)oc2c1. The van der Waals surface area contributed by atoms with Gasteiger partial charge in [-0.1, -0.05) is 0 Å². The molecule has 1 heterocycles. The fourth-order valence-electron chi connectivity index (χ4n) is 2.76.